The average Bonchev–Trinajstić information content (AvgIpc) is 2.40. The summed E-state index contributed by atoms with van der Waals surface area (Å²) in [4.78, 5) is -0.149. The third-order valence-corrected chi connectivity index (χ3v) is 7.87. The van der Waals surface area contributed by atoms with Gasteiger partial charge in [-0.2, -0.15) is 8.42 Å². The fourth-order valence-electron chi connectivity index (χ4n) is 1.34. The van der Waals surface area contributed by atoms with E-state index in [1.165, 1.54) is 12.1 Å². The van der Waals surface area contributed by atoms with E-state index < -0.39 is 18.9 Å². The molecule has 6 nitrogen and oxygen atoms in total. The SMILES string of the molecule is O=S(=O)(O)c1ccc(CC[Si](O[Si])(O[Si])O[Si])cc1. The lowest BCUT2D eigenvalue weighted by molar-refractivity contribution is 0.294. The minimum absolute atomic E-state index is 0.149. The van der Waals surface area contributed by atoms with Gasteiger partial charge in [0.2, 0.25) is 31.5 Å². The molecule has 99 valence electrons. The van der Waals surface area contributed by atoms with Crippen LogP contribution in [0.3, 0.4) is 0 Å². The molecule has 0 aliphatic carbocycles. The zero-order valence-electron chi connectivity index (χ0n) is 9.62. The summed E-state index contributed by atoms with van der Waals surface area (Å²) in [5.74, 6) is 0. The van der Waals surface area contributed by atoms with Crippen LogP contribution >= 0.6 is 0 Å². The molecule has 11 heteroatoms. The van der Waals surface area contributed by atoms with E-state index in [4.69, 9.17) is 16.9 Å². The Kier molecular flexibility index (Phi) is 6.28. The van der Waals surface area contributed by atoms with Crippen LogP contribution in [-0.2, 0) is 28.9 Å². The lowest BCUT2D eigenvalue weighted by Gasteiger charge is -2.25. The van der Waals surface area contributed by atoms with Gasteiger partial charge in [0, 0.05) is 6.04 Å². The monoisotopic (exact) mass is 345 g/mol. The topological polar surface area (TPSA) is 82.1 Å². The molecular formula is C8H9O6SSi4. The molecule has 0 spiro atoms. The van der Waals surface area contributed by atoms with Crippen molar-refractivity contribution in [1.29, 1.82) is 0 Å². The van der Waals surface area contributed by atoms with Crippen molar-refractivity contribution in [2.45, 2.75) is 17.4 Å². The van der Waals surface area contributed by atoms with Gasteiger partial charge in [-0.1, -0.05) is 12.1 Å². The molecule has 0 aromatic heterocycles. The third kappa shape index (κ3) is 4.73. The Morgan fingerprint density at radius 3 is 1.89 bits per heavy atom. The maximum atomic E-state index is 10.9. The second-order valence-electron chi connectivity index (χ2n) is 3.61. The molecule has 1 rings (SSSR count). The fourth-order valence-corrected chi connectivity index (χ4v) is 5.27. The van der Waals surface area contributed by atoms with Crippen LogP contribution in [0.25, 0.3) is 0 Å². The van der Waals surface area contributed by atoms with E-state index in [-0.39, 0.29) is 4.90 Å². The first-order valence-electron chi connectivity index (χ1n) is 4.97. The van der Waals surface area contributed by atoms with Crippen LogP contribution < -0.4 is 0 Å². The van der Waals surface area contributed by atoms with Crippen LogP contribution in [0.15, 0.2) is 29.2 Å². The van der Waals surface area contributed by atoms with Gasteiger partial charge in [-0.25, -0.2) is 0 Å². The minimum atomic E-state index is -4.17. The molecule has 0 bridgehead atoms. The van der Waals surface area contributed by atoms with Gasteiger partial charge in [0.1, 0.15) is 0 Å². The molecular weight excluding hydrogens is 336 g/mol. The fraction of sp³-hybridized carbons (Fsp3) is 0.250. The van der Waals surface area contributed by atoms with Crippen molar-refractivity contribution >= 4 is 50.4 Å². The van der Waals surface area contributed by atoms with Crippen molar-refractivity contribution in [3.8, 4) is 0 Å². The van der Waals surface area contributed by atoms with Crippen LogP contribution in [0.1, 0.15) is 5.56 Å². The molecule has 19 heavy (non-hydrogen) atoms. The largest absolute Gasteiger partial charge is 0.469 e. The maximum absolute atomic E-state index is 10.9. The molecule has 9 radical (unpaired) electrons. The predicted octanol–water partition coefficient (Wildman–Crippen LogP) is -0.285. The molecule has 0 amide bonds. The third-order valence-electron chi connectivity index (χ3n) is 2.41. The highest BCUT2D eigenvalue weighted by molar-refractivity contribution is 7.85. The highest BCUT2D eigenvalue weighted by atomic mass is 32.2. The summed E-state index contributed by atoms with van der Waals surface area (Å²) in [5, 5.41) is 0. The standard InChI is InChI=1S/C8H9O6SSi4/c9-15(10,11)8-3-1-7(2-4-8)5-6-19(12-16,13-17)14-18/h1-4H,5-6H2,(H,9,10,11). The number of hydrogen-bond acceptors (Lipinski definition) is 5. The van der Waals surface area contributed by atoms with Gasteiger partial charge in [0.15, 0.2) is 0 Å². The molecule has 0 saturated carbocycles. The van der Waals surface area contributed by atoms with Crippen LogP contribution in [0.2, 0.25) is 6.04 Å². The highest BCUT2D eigenvalue weighted by Crippen LogP contribution is 2.17. The summed E-state index contributed by atoms with van der Waals surface area (Å²) in [6, 6.07) is 6.28. The van der Waals surface area contributed by atoms with E-state index >= 15 is 0 Å². The maximum Gasteiger partial charge on any atom is 0.469 e. The van der Waals surface area contributed by atoms with E-state index in [1.807, 2.05) is 0 Å². The summed E-state index contributed by atoms with van der Waals surface area (Å²) < 4.78 is 45.6. The van der Waals surface area contributed by atoms with Crippen molar-refractivity contribution in [2.75, 3.05) is 0 Å². The number of benzene rings is 1. The van der Waals surface area contributed by atoms with Crippen molar-refractivity contribution in [3.05, 3.63) is 29.8 Å². The molecule has 0 unspecified atom stereocenters. The summed E-state index contributed by atoms with van der Waals surface area (Å²) in [6.45, 7) is 0. The Hall–Kier alpha value is -0.122. The quantitative estimate of drug-likeness (QED) is 0.540. The number of hydrogen-bond donors (Lipinski definition) is 1. The zero-order chi connectivity index (χ0) is 14.5. The number of aryl methyl sites for hydroxylation is 1. The Balaban J connectivity index is 2.74. The molecule has 0 aliphatic rings. The van der Waals surface area contributed by atoms with Gasteiger partial charge < -0.3 is 12.3 Å². The van der Waals surface area contributed by atoms with Gasteiger partial charge in [-0.05, 0) is 24.1 Å². The van der Waals surface area contributed by atoms with Crippen molar-refractivity contribution in [2.24, 2.45) is 0 Å². The Morgan fingerprint density at radius 1 is 1.05 bits per heavy atom. The first kappa shape index (κ1) is 16.9. The van der Waals surface area contributed by atoms with Crippen molar-refractivity contribution < 1.29 is 25.3 Å². The van der Waals surface area contributed by atoms with Gasteiger partial charge in [0.05, 0.1) is 4.90 Å². The molecule has 0 saturated heterocycles. The Bertz CT molecular complexity index is 492. The smallest absolute Gasteiger partial charge is 0.416 e. The molecule has 0 aliphatic heterocycles. The second kappa shape index (κ2) is 7.05. The van der Waals surface area contributed by atoms with Crippen LogP contribution in [0.5, 0.6) is 0 Å². The van der Waals surface area contributed by atoms with Crippen molar-refractivity contribution in [3.63, 3.8) is 0 Å². The average molecular weight is 346 g/mol. The van der Waals surface area contributed by atoms with Gasteiger partial charge in [0.25, 0.3) is 10.1 Å². The predicted molar refractivity (Wildman–Crippen MR) is 71.0 cm³/mol. The number of rotatable bonds is 7. The van der Waals surface area contributed by atoms with E-state index in [9.17, 15) is 8.42 Å². The molecule has 0 fully saturated rings. The first-order valence-corrected chi connectivity index (χ1v) is 9.57. The molecule has 0 heterocycles. The molecule has 1 aromatic rings. The van der Waals surface area contributed by atoms with Gasteiger partial charge >= 0.3 is 8.80 Å². The summed E-state index contributed by atoms with van der Waals surface area (Å²) in [7, 11) is 1.63. The molecule has 1 N–H and O–H groups in total. The lowest BCUT2D eigenvalue weighted by Crippen LogP contribution is -2.44. The van der Waals surface area contributed by atoms with E-state index in [0.29, 0.717) is 12.5 Å². The van der Waals surface area contributed by atoms with Crippen LogP contribution in [0, 0.1) is 0 Å². The summed E-state index contributed by atoms with van der Waals surface area (Å²) >= 11 is 0. The van der Waals surface area contributed by atoms with Crippen LogP contribution in [0.4, 0.5) is 0 Å². The first-order chi connectivity index (χ1) is 8.87. The minimum Gasteiger partial charge on any atom is -0.416 e. The van der Waals surface area contributed by atoms with Crippen molar-refractivity contribution in [1.82, 2.24) is 0 Å². The van der Waals surface area contributed by atoms with Crippen LogP contribution in [-0.4, -0.2) is 53.2 Å². The highest BCUT2D eigenvalue weighted by Gasteiger charge is 2.35. The van der Waals surface area contributed by atoms with E-state index in [1.54, 1.807) is 12.1 Å². The van der Waals surface area contributed by atoms with Gasteiger partial charge in [-0.3, -0.25) is 4.55 Å². The van der Waals surface area contributed by atoms with Gasteiger partial charge in [-0.15, -0.1) is 0 Å². The molecule has 0 atom stereocenters. The summed E-state index contributed by atoms with van der Waals surface area (Å²) in [6.07, 6.45) is 0.539. The normalized spacial score (nSPS) is 12.6. The zero-order valence-corrected chi connectivity index (χ0v) is 14.4. The molecule has 1 aromatic carbocycles. The summed E-state index contributed by atoms with van der Waals surface area (Å²) in [5.41, 5.74) is 0.848. The Morgan fingerprint density at radius 2 is 1.53 bits per heavy atom. The second-order valence-corrected chi connectivity index (χ2v) is 9.35. The Labute approximate surface area is 123 Å². The van der Waals surface area contributed by atoms with E-state index in [2.05, 4.69) is 31.5 Å². The lowest BCUT2D eigenvalue weighted by atomic mass is 10.2. The van der Waals surface area contributed by atoms with E-state index in [0.717, 1.165) is 5.56 Å².